The second kappa shape index (κ2) is 7.47. The standard InChI is InChI=1S/C21H16Cl2N2OS/c1-2-13-3-6-15(7-4-13)16-11-27-20-19(16)21(26)25(12-24-20)10-14-5-8-17(22)18(23)9-14/h3-9,11-12H,2,10H2,1H3. The number of thiophene rings is 1. The summed E-state index contributed by atoms with van der Waals surface area (Å²) >= 11 is 13.6. The number of fused-ring (bicyclic) bond motifs is 1. The van der Waals surface area contributed by atoms with E-state index in [0.717, 1.165) is 27.9 Å². The first-order valence-electron chi connectivity index (χ1n) is 8.56. The van der Waals surface area contributed by atoms with Crippen molar-refractivity contribution in [1.29, 1.82) is 0 Å². The first kappa shape index (κ1) is 18.2. The van der Waals surface area contributed by atoms with Gasteiger partial charge in [0.05, 0.1) is 28.3 Å². The number of aromatic nitrogens is 2. The van der Waals surface area contributed by atoms with Gasteiger partial charge in [0.15, 0.2) is 0 Å². The van der Waals surface area contributed by atoms with Gasteiger partial charge >= 0.3 is 0 Å². The van der Waals surface area contributed by atoms with Crippen molar-refractivity contribution in [1.82, 2.24) is 9.55 Å². The largest absolute Gasteiger partial charge is 0.294 e. The lowest BCUT2D eigenvalue weighted by Gasteiger charge is -2.08. The molecule has 0 spiro atoms. The summed E-state index contributed by atoms with van der Waals surface area (Å²) in [5.74, 6) is 0. The van der Waals surface area contributed by atoms with Gasteiger partial charge in [-0.15, -0.1) is 11.3 Å². The second-order valence-electron chi connectivity index (χ2n) is 6.31. The average Bonchev–Trinajstić information content (AvgIpc) is 3.12. The zero-order chi connectivity index (χ0) is 19.0. The Labute approximate surface area is 170 Å². The lowest BCUT2D eigenvalue weighted by molar-refractivity contribution is 0.749. The third-order valence-electron chi connectivity index (χ3n) is 4.57. The summed E-state index contributed by atoms with van der Waals surface area (Å²) < 4.78 is 1.61. The van der Waals surface area contributed by atoms with Crippen LogP contribution in [-0.2, 0) is 13.0 Å². The summed E-state index contributed by atoms with van der Waals surface area (Å²) in [5, 5.41) is 3.64. The van der Waals surface area contributed by atoms with Crippen molar-refractivity contribution in [3.8, 4) is 11.1 Å². The molecule has 0 bridgehead atoms. The number of benzene rings is 2. The highest BCUT2D eigenvalue weighted by Gasteiger charge is 2.14. The first-order valence-corrected chi connectivity index (χ1v) is 10.2. The van der Waals surface area contributed by atoms with Crippen LogP contribution in [0.25, 0.3) is 21.3 Å². The molecular weight excluding hydrogens is 399 g/mol. The van der Waals surface area contributed by atoms with E-state index < -0.39 is 0 Å². The van der Waals surface area contributed by atoms with Crippen LogP contribution in [0, 0.1) is 0 Å². The van der Waals surface area contributed by atoms with Crippen LogP contribution < -0.4 is 5.56 Å². The zero-order valence-corrected chi connectivity index (χ0v) is 16.9. The van der Waals surface area contributed by atoms with Crippen LogP contribution >= 0.6 is 34.5 Å². The molecule has 27 heavy (non-hydrogen) atoms. The maximum atomic E-state index is 13.1. The normalized spacial score (nSPS) is 11.2. The molecule has 0 unspecified atom stereocenters. The Morgan fingerprint density at radius 3 is 2.48 bits per heavy atom. The van der Waals surface area contributed by atoms with E-state index in [2.05, 4.69) is 36.2 Å². The van der Waals surface area contributed by atoms with Crippen LogP contribution in [-0.4, -0.2) is 9.55 Å². The third kappa shape index (κ3) is 3.53. The van der Waals surface area contributed by atoms with E-state index in [4.69, 9.17) is 23.2 Å². The number of rotatable bonds is 4. The minimum Gasteiger partial charge on any atom is -0.294 e. The van der Waals surface area contributed by atoms with Gasteiger partial charge in [0.1, 0.15) is 4.83 Å². The molecule has 2 aromatic carbocycles. The Morgan fingerprint density at radius 1 is 1.04 bits per heavy atom. The maximum absolute atomic E-state index is 13.1. The van der Waals surface area contributed by atoms with Crippen molar-refractivity contribution in [3.05, 3.63) is 85.7 Å². The predicted octanol–water partition coefficient (Wildman–Crippen LogP) is 6.04. The summed E-state index contributed by atoms with van der Waals surface area (Å²) in [6.07, 6.45) is 2.58. The van der Waals surface area contributed by atoms with Gasteiger partial charge in [0.25, 0.3) is 5.56 Å². The molecule has 0 aliphatic carbocycles. The summed E-state index contributed by atoms with van der Waals surface area (Å²) in [4.78, 5) is 18.4. The Kier molecular flexibility index (Phi) is 5.04. The van der Waals surface area contributed by atoms with Crippen LogP contribution in [0.5, 0.6) is 0 Å². The van der Waals surface area contributed by atoms with Gasteiger partial charge in [0.2, 0.25) is 0 Å². The van der Waals surface area contributed by atoms with Crippen LogP contribution in [0.4, 0.5) is 0 Å². The van der Waals surface area contributed by atoms with Crippen LogP contribution in [0.2, 0.25) is 10.0 Å². The summed E-state index contributed by atoms with van der Waals surface area (Å²) in [6, 6.07) is 13.7. The molecule has 0 fully saturated rings. The highest BCUT2D eigenvalue weighted by Crippen LogP contribution is 2.31. The summed E-state index contributed by atoms with van der Waals surface area (Å²) in [7, 11) is 0. The quantitative estimate of drug-likeness (QED) is 0.407. The number of aryl methyl sites for hydroxylation is 1. The van der Waals surface area contributed by atoms with Crippen molar-refractivity contribution in [2.45, 2.75) is 19.9 Å². The van der Waals surface area contributed by atoms with Crippen LogP contribution in [0.3, 0.4) is 0 Å². The molecule has 6 heteroatoms. The van der Waals surface area contributed by atoms with Gasteiger partial charge in [0, 0.05) is 10.9 Å². The lowest BCUT2D eigenvalue weighted by atomic mass is 10.0. The van der Waals surface area contributed by atoms with Gasteiger partial charge in [-0.1, -0.05) is 60.5 Å². The molecule has 2 aromatic heterocycles. The fraction of sp³-hybridized carbons (Fsp3) is 0.143. The second-order valence-corrected chi connectivity index (χ2v) is 7.98. The Balaban J connectivity index is 1.78. The zero-order valence-electron chi connectivity index (χ0n) is 14.6. The smallest absolute Gasteiger partial charge is 0.263 e. The minimum atomic E-state index is -0.0538. The minimum absolute atomic E-state index is 0.0538. The van der Waals surface area contributed by atoms with Crippen molar-refractivity contribution < 1.29 is 0 Å². The maximum Gasteiger partial charge on any atom is 0.263 e. The predicted molar refractivity (Wildman–Crippen MR) is 114 cm³/mol. The molecule has 136 valence electrons. The molecule has 0 N–H and O–H groups in total. The van der Waals surface area contributed by atoms with Crippen LogP contribution in [0.1, 0.15) is 18.1 Å². The summed E-state index contributed by atoms with van der Waals surface area (Å²) in [6.45, 7) is 2.52. The topological polar surface area (TPSA) is 34.9 Å². The number of hydrogen-bond acceptors (Lipinski definition) is 3. The van der Waals surface area contributed by atoms with E-state index in [0.29, 0.717) is 22.0 Å². The Bertz CT molecular complexity index is 1180. The fourth-order valence-corrected chi connectivity index (χ4v) is 4.27. The molecule has 4 rings (SSSR count). The Morgan fingerprint density at radius 2 is 1.78 bits per heavy atom. The van der Waals surface area contributed by atoms with Gasteiger partial charge in [-0.05, 0) is 35.2 Å². The van der Waals surface area contributed by atoms with Crippen molar-refractivity contribution in [2.75, 3.05) is 0 Å². The van der Waals surface area contributed by atoms with E-state index in [9.17, 15) is 4.79 Å². The van der Waals surface area contributed by atoms with Gasteiger partial charge in [-0.2, -0.15) is 0 Å². The SMILES string of the molecule is CCc1ccc(-c2csc3ncn(Cc4ccc(Cl)c(Cl)c4)c(=O)c23)cc1. The monoisotopic (exact) mass is 414 g/mol. The third-order valence-corrected chi connectivity index (χ3v) is 6.20. The van der Waals surface area contributed by atoms with E-state index in [1.807, 2.05) is 11.4 Å². The molecule has 0 aliphatic rings. The van der Waals surface area contributed by atoms with E-state index in [1.54, 1.807) is 23.0 Å². The molecule has 0 aliphatic heterocycles. The summed E-state index contributed by atoms with van der Waals surface area (Å²) in [5.41, 5.74) is 4.08. The molecule has 0 radical (unpaired) electrons. The van der Waals surface area contributed by atoms with Gasteiger partial charge in [-0.3, -0.25) is 9.36 Å². The van der Waals surface area contributed by atoms with E-state index in [-0.39, 0.29) is 5.56 Å². The van der Waals surface area contributed by atoms with Crippen LogP contribution in [0.15, 0.2) is 59.0 Å². The van der Waals surface area contributed by atoms with Crippen molar-refractivity contribution in [3.63, 3.8) is 0 Å². The molecule has 0 saturated carbocycles. The number of hydrogen-bond donors (Lipinski definition) is 0. The average molecular weight is 415 g/mol. The highest BCUT2D eigenvalue weighted by atomic mass is 35.5. The van der Waals surface area contributed by atoms with E-state index >= 15 is 0 Å². The van der Waals surface area contributed by atoms with Crippen molar-refractivity contribution >= 4 is 44.8 Å². The molecule has 0 atom stereocenters. The van der Waals surface area contributed by atoms with Gasteiger partial charge in [-0.25, -0.2) is 4.98 Å². The highest BCUT2D eigenvalue weighted by molar-refractivity contribution is 7.17. The van der Waals surface area contributed by atoms with Crippen molar-refractivity contribution in [2.24, 2.45) is 0 Å². The molecule has 4 aromatic rings. The molecular formula is C21H16Cl2N2OS. The molecule has 0 saturated heterocycles. The number of nitrogens with zero attached hydrogens (tertiary/aromatic N) is 2. The van der Waals surface area contributed by atoms with E-state index in [1.165, 1.54) is 16.9 Å². The Hall–Kier alpha value is -2.14. The molecule has 2 heterocycles. The number of halogens is 2. The molecule has 3 nitrogen and oxygen atoms in total. The lowest BCUT2D eigenvalue weighted by Crippen LogP contribution is -2.21. The van der Waals surface area contributed by atoms with Gasteiger partial charge < -0.3 is 0 Å². The first-order chi connectivity index (χ1) is 13.1. The fourth-order valence-electron chi connectivity index (χ4n) is 3.05. The molecule has 0 amide bonds.